The molecule has 2 aromatic carbocycles. The van der Waals surface area contributed by atoms with E-state index in [1.165, 1.54) is 36.9 Å². The Morgan fingerprint density at radius 3 is 2.90 bits per heavy atom. The third-order valence-electron chi connectivity index (χ3n) is 6.47. The van der Waals surface area contributed by atoms with Crippen LogP contribution in [0.4, 0.5) is 11.4 Å². The summed E-state index contributed by atoms with van der Waals surface area (Å²) in [5.74, 6) is 0.734. The predicted molar refractivity (Wildman–Crippen MR) is 124 cm³/mol. The molecule has 2 aliphatic heterocycles. The van der Waals surface area contributed by atoms with Crippen molar-refractivity contribution >= 4 is 17.3 Å². The van der Waals surface area contributed by atoms with Crippen molar-refractivity contribution in [3.63, 3.8) is 0 Å². The van der Waals surface area contributed by atoms with Gasteiger partial charge in [0.2, 0.25) is 5.91 Å². The van der Waals surface area contributed by atoms with Gasteiger partial charge in [-0.2, -0.15) is 5.26 Å². The topological polar surface area (TPSA) is 56.6 Å². The van der Waals surface area contributed by atoms with Crippen LogP contribution < -0.4 is 14.5 Å². The number of aryl methyl sites for hydroxylation is 1. The van der Waals surface area contributed by atoms with E-state index in [4.69, 9.17) is 10.00 Å². The molecule has 0 spiro atoms. The molecule has 5 nitrogen and oxygen atoms in total. The van der Waals surface area contributed by atoms with Crippen LogP contribution in [0.25, 0.3) is 0 Å². The minimum Gasteiger partial charge on any atom is -0.479 e. The Labute approximate surface area is 185 Å². The number of piperidine rings is 1. The monoisotopic (exact) mass is 417 g/mol. The van der Waals surface area contributed by atoms with Crippen LogP contribution >= 0.6 is 0 Å². The van der Waals surface area contributed by atoms with Gasteiger partial charge in [-0.3, -0.25) is 4.79 Å². The van der Waals surface area contributed by atoms with E-state index in [2.05, 4.69) is 30.0 Å². The van der Waals surface area contributed by atoms with Crippen LogP contribution in [0.1, 0.15) is 50.2 Å². The van der Waals surface area contributed by atoms with Crippen LogP contribution in [0.2, 0.25) is 0 Å². The van der Waals surface area contributed by atoms with Crippen molar-refractivity contribution in [1.82, 2.24) is 0 Å². The SMILES string of the molecule is CC[C@H]1CCCCN1c1ccc2c(c1)CCCN2C(=O)Cc1cccc(OCC#N)c1. The summed E-state index contributed by atoms with van der Waals surface area (Å²) in [7, 11) is 0. The van der Waals surface area contributed by atoms with Gasteiger partial charge in [-0.25, -0.2) is 0 Å². The highest BCUT2D eigenvalue weighted by Crippen LogP contribution is 2.34. The summed E-state index contributed by atoms with van der Waals surface area (Å²) in [6, 6.07) is 16.7. The number of rotatable bonds is 6. The van der Waals surface area contributed by atoms with Gasteiger partial charge in [0.1, 0.15) is 11.8 Å². The highest BCUT2D eigenvalue weighted by atomic mass is 16.5. The zero-order chi connectivity index (χ0) is 21.6. The molecule has 162 valence electrons. The maximum absolute atomic E-state index is 13.2. The second kappa shape index (κ2) is 9.87. The van der Waals surface area contributed by atoms with Gasteiger partial charge in [0.05, 0.1) is 6.42 Å². The molecule has 31 heavy (non-hydrogen) atoms. The summed E-state index contributed by atoms with van der Waals surface area (Å²) in [6.45, 7) is 4.18. The third kappa shape index (κ3) is 4.85. The van der Waals surface area contributed by atoms with Gasteiger partial charge in [-0.05, 0) is 80.0 Å². The zero-order valence-electron chi connectivity index (χ0n) is 18.3. The fourth-order valence-corrected chi connectivity index (χ4v) is 4.92. The highest BCUT2D eigenvalue weighted by molar-refractivity contribution is 5.96. The standard InChI is InChI=1S/C26H31N3O2/c1-2-22-9-3-4-14-28(22)23-11-12-25-21(19-23)8-6-15-29(25)26(30)18-20-7-5-10-24(17-20)31-16-13-27/h5,7,10-12,17,19,22H,2-4,6,8-9,14-16,18H2,1H3/t22-/m0/s1. The van der Waals surface area contributed by atoms with Crippen molar-refractivity contribution in [2.45, 2.75) is 57.9 Å². The van der Waals surface area contributed by atoms with Gasteiger partial charge < -0.3 is 14.5 Å². The number of fused-ring (bicyclic) bond motifs is 1. The number of anilines is 2. The van der Waals surface area contributed by atoms with Crippen LogP contribution in [-0.4, -0.2) is 31.6 Å². The molecule has 1 saturated heterocycles. The number of ether oxygens (including phenoxy) is 1. The molecule has 0 bridgehead atoms. The second-order valence-corrected chi connectivity index (χ2v) is 8.48. The molecule has 0 radical (unpaired) electrons. The lowest BCUT2D eigenvalue weighted by Gasteiger charge is -2.38. The van der Waals surface area contributed by atoms with Gasteiger partial charge in [0.25, 0.3) is 0 Å². The van der Waals surface area contributed by atoms with Gasteiger partial charge in [0, 0.05) is 30.5 Å². The normalized spacial score (nSPS) is 18.3. The number of hydrogen-bond acceptors (Lipinski definition) is 4. The Bertz CT molecular complexity index is 965. The van der Waals surface area contributed by atoms with Gasteiger partial charge >= 0.3 is 0 Å². The van der Waals surface area contributed by atoms with E-state index >= 15 is 0 Å². The lowest BCUT2D eigenvalue weighted by atomic mass is 9.96. The molecule has 2 heterocycles. The van der Waals surface area contributed by atoms with Crippen molar-refractivity contribution < 1.29 is 9.53 Å². The van der Waals surface area contributed by atoms with Crippen LogP contribution in [0.15, 0.2) is 42.5 Å². The number of benzene rings is 2. The van der Waals surface area contributed by atoms with E-state index in [-0.39, 0.29) is 12.5 Å². The summed E-state index contributed by atoms with van der Waals surface area (Å²) in [6.07, 6.45) is 7.38. The molecule has 0 aliphatic carbocycles. The lowest BCUT2D eigenvalue weighted by Crippen LogP contribution is -2.40. The van der Waals surface area contributed by atoms with Gasteiger partial charge in [0.15, 0.2) is 6.61 Å². The van der Waals surface area contributed by atoms with E-state index in [1.807, 2.05) is 35.2 Å². The Balaban J connectivity index is 1.50. The van der Waals surface area contributed by atoms with Crippen molar-refractivity contribution in [3.8, 4) is 11.8 Å². The molecule has 1 fully saturated rings. The van der Waals surface area contributed by atoms with Crippen molar-refractivity contribution in [3.05, 3.63) is 53.6 Å². The number of carbonyl (C=O) groups is 1. The highest BCUT2D eigenvalue weighted by Gasteiger charge is 2.26. The molecule has 1 amide bonds. The van der Waals surface area contributed by atoms with Crippen LogP contribution in [0.5, 0.6) is 5.75 Å². The molecular formula is C26H31N3O2. The summed E-state index contributed by atoms with van der Waals surface area (Å²) in [4.78, 5) is 17.7. The van der Waals surface area contributed by atoms with Crippen LogP contribution in [-0.2, 0) is 17.6 Å². The first-order valence-corrected chi connectivity index (χ1v) is 11.5. The smallest absolute Gasteiger partial charge is 0.231 e. The van der Waals surface area contributed by atoms with E-state index in [0.29, 0.717) is 18.2 Å². The number of nitriles is 1. The average Bonchev–Trinajstić information content (AvgIpc) is 2.82. The Morgan fingerprint density at radius 1 is 1.16 bits per heavy atom. The van der Waals surface area contributed by atoms with E-state index in [0.717, 1.165) is 37.2 Å². The van der Waals surface area contributed by atoms with Gasteiger partial charge in [-0.1, -0.05) is 19.1 Å². The molecular weight excluding hydrogens is 386 g/mol. The maximum Gasteiger partial charge on any atom is 0.231 e. The molecule has 2 aromatic rings. The van der Waals surface area contributed by atoms with Crippen molar-refractivity contribution in [2.24, 2.45) is 0 Å². The molecule has 1 atom stereocenters. The summed E-state index contributed by atoms with van der Waals surface area (Å²) in [5.41, 5.74) is 4.55. The largest absolute Gasteiger partial charge is 0.479 e. The molecule has 0 aromatic heterocycles. The Kier molecular flexibility index (Phi) is 6.76. The molecule has 0 saturated carbocycles. The number of carbonyl (C=O) groups excluding carboxylic acids is 1. The summed E-state index contributed by atoms with van der Waals surface area (Å²) in [5, 5.41) is 8.70. The summed E-state index contributed by atoms with van der Waals surface area (Å²) >= 11 is 0. The summed E-state index contributed by atoms with van der Waals surface area (Å²) < 4.78 is 5.38. The number of hydrogen-bond donors (Lipinski definition) is 0. The third-order valence-corrected chi connectivity index (χ3v) is 6.47. The van der Waals surface area contributed by atoms with Gasteiger partial charge in [-0.15, -0.1) is 0 Å². The van der Waals surface area contributed by atoms with E-state index < -0.39 is 0 Å². The minimum atomic E-state index is 0.00907. The second-order valence-electron chi connectivity index (χ2n) is 8.48. The average molecular weight is 418 g/mol. The Hall–Kier alpha value is -3.00. The van der Waals surface area contributed by atoms with E-state index in [1.54, 1.807) is 0 Å². The van der Waals surface area contributed by atoms with Crippen molar-refractivity contribution in [2.75, 3.05) is 29.5 Å². The van der Waals surface area contributed by atoms with Crippen molar-refractivity contribution in [1.29, 1.82) is 5.26 Å². The molecule has 5 heteroatoms. The zero-order valence-corrected chi connectivity index (χ0v) is 18.3. The first-order chi connectivity index (χ1) is 15.2. The maximum atomic E-state index is 13.2. The van der Waals surface area contributed by atoms with E-state index in [9.17, 15) is 4.79 Å². The fourth-order valence-electron chi connectivity index (χ4n) is 4.92. The van der Waals surface area contributed by atoms with Crippen LogP contribution in [0.3, 0.4) is 0 Å². The fraction of sp³-hybridized carbons (Fsp3) is 0.462. The molecule has 4 rings (SSSR count). The molecule has 0 unspecified atom stereocenters. The molecule has 0 N–H and O–H groups in total. The predicted octanol–water partition coefficient (Wildman–Crippen LogP) is 4.88. The first-order valence-electron chi connectivity index (χ1n) is 11.5. The number of amides is 1. The minimum absolute atomic E-state index is 0.00907. The Morgan fingerprint density at radius 2 is 2.06 bits per heavy atom. The lowest BCUT2D eigenvalue weighted by molar-refractivity contribution is -0.118. The number of nitrogens with zero attached hydrogens (tertiary/aromatic N) is 3. The first kappa shape index (κ1) is 21.2. The van der Waals surface area contributed by atoms with Crippen LogP contribution in [0, 0.1) is 11.3 Å². The quantitative estimate of drug-likeness (QED) is 0.672. The molecule has 2 aliphatic rings.